The number of aliphatic hydroxyl groups is 1. The van der Waals surface area contributed by atoms with Crippen LogP contribution in [0.3, 0.4) is 0 Å². The Labute approximate surface area is 174 Å². The predicted molar refractivity (Wildman–Crippen MR) is 109 cm³/mol. The van der Waals surface area contributed by atoms with Crippen LogP contribution in [-0.4, -0.2) is 86.3 Å². The normalized spacial score (nSPS) is 45.5. The Morgan fingerprint density at radius 2 is 2.00 bits per heavy atom. The van der Waals surface area contributed by atoms with Crippen LogP contribution in [0.25, 0.3) is 0 Å². The van der Waals surface area contributed by atoms with Gasteiger partial charge in [-0.2, -0.15) is 0 Å². The number of methoxy groups -OCH3 is 1. The SMILES string of the molecule is CO[C@@]1(C)CCC[C@@]2(C)C[C@H]3OC(=O)[C@@H](CNCCN4CCOCC4)[C@@H]3C[C@]21O. The second-order valence-electron chi connectivity index (χ2n) is 10.0. The quantitative estimate of drug-likeness (QED) is 0.503. The van der Waals surface area contributed by atoms with E-state index in [9.17, 15) is 9.90 Å². The van der Waals surface area contributed by atoms with Crippen LogP contribution < -0.4 is 5.32 Å². The van der Waals surface area contributed by atoms with E-state index in [2.05, 4.69) is 17.1 Å². The summed E-state index contributed by atoms with van der Waals surface area (Å²) in [7, 11) is 1.71. The van der Waals surface area contributed by atoms with Crippen molar-refractivity contribution in [3.8, 4) is 0 Å². The van der Waals surface area contributed by atoms with Gasteiger partial charge in [0.1, 0.15) is 6.10 Å². The summed E-state index contributed by atoms with van der Waals surface area (Å²) in [5, 5.41) is 15.4. The Morgan fingerprint density at radius 3 is 2.72 bits per heavy atom. The molecule has 2 aliphatic carbocycles. The molecule has 29 heavy (non-hydrogen) atoms. The predicted octanol–water partition coefficient (Wildman–Crippen LogP) is 1.19. The minimum Gasteiger partial charge on any atom is -0.462 e. The third kappa shape index (κ3) is 3.63. The molecule has 2 aliphatic heterocycles. The number of carbonyl (C=O) groups excluding carboxylic acids is 1. The van der Waals surface area contributed by atoms with Crippen molar-refractivity contribution in [2.45, 2.75) is 63.3 Å². The molecule has 2 saturated carbocycles. The van der Waals surface area contributed by atoms with E-state index in [1.165, 1.54) is 0 Å². The molecule has 7 nitrogen and oxygen atoms in total. The summed E-state index contributed by atoms with van der Waals surface area (Å²) in [6.45, 7) is 10.2. The molecular weight excluding hydrogens is 372 g/mol. The molecule has 4 rings (SSSR count). The summed E-state index contributed by atoms with van der Waals surface area (Å²) in [5.41, 5.74) is -1.80. The number of carbonyl (C=O) groups is 1. The molecule has 2 N–H and O–H groups in total. The molecule has 4 fully saturated rings. The summed E-state index contributed by atoms with van der Waals surface area (Å²) in [6, 6.07) is 0. The van der Waals surface area contributed by atoms with Gasteiger partial charge in [-0.1, -0.05) is 6.92 Å². The number of nitrogens with one attached hydrogen (secondary N) is 1. The van der Waals surface area contributed by atoms with E-state index in [0.717, 1.165) is 65.1 Å². The number of ether oxygens (including phenoxy) is 3. The fourth-order valence-corrected chi connectivity index (χ4v) is 6.44. The topological polar surface area (TPSA) is 80.3 Å². The maximum Gasteiger partial charge on any atom is 0.310 e. The van der Waals surface area contributed by atoms with Gasteiger partial charge in [0.25, 0.3) is 0 Å². The highest BCUT2D eigenvalue weighted by atomic mass is 16.6. The molecule has 0 amide bonds. The van der Waals surface area contributed by atoms with E-state index in [-0.39, 0.29) is 29.3 Å². The number of esters is 1. The van der Waals surface area contributed by atoms with Crippen molar-refractivity contribution in [1.82, 2.24) is 10.2 Å². The van der Waals surface area contributed by atoms with Crippen LogP contribution in [0.15, 0.2) is 0 Å². The van der Waals surface area contributed by atoms with Crippen molar-refractivity contribution in [2.24, 2.45) is 17.3 Å². The molecule has 0 radical (unpaired) electrons. The Bertz CT molecular complexity index is 612. The molecule has 0 aromatic heterocycles. The van der Waals surface area contributed by atoms with Crippen molar-refractivity contribution >= 4 is 5.97 Å². The van der Waals surface area contributed by atoms with Crippen LogP contribution in [0.4, 0.5) is 0 Å². The number of hydrogen-bond acceptors (Lipinski definition) is 7. The van der Waals surface area contributed by atoms with Crippen molar-refractivity contribution in [1.29, 1.82) is 0 Å². The van der Waals surface area contributed by atoms with E-state index < -0.39 is 11.2 Å². The van der Waals surface area contributed by atoms with Crippen molar-refractivity contribution in [3.05, 3.63) is 0 Å². The van der Waals surface area contributed by atoms with Crippen molar-refractivity contribution < 1.29 is 24.1 Å². The summed E-state index contributed by atoms with van der Waals surface area (Å²) in [4.78, 5) is 15.1. The highest BCUT2D eigenvalue weighted by molar-refractivity contribution is 5.75. The summed E-state index contributed by atoms with van der Waals surface area (Å²) >= 11 is 0. The zero-order valence-corrected chi connectivity index (χ0v) is 18.2. The van der Waals surface area contributed by atoms with E-state index in [1.54, 1.807) is 7.11 Å². The largest absolute Gasteiger partial charge is 0.462 e. The number of nitrogens with zero attached hydrogens (tertiary/aromatic N) is 1. The van der Waals surface area contributed by atoms with Crippen LogP contribution in [0.2, 0.25) is 0 Å². The Morgan fingerprint density at radius 1 is 1.24 bits per heavy atom. The van der Waals surface area contributed by atoms with Gasteiger partial charge in [-0.3, -0.25) is 9.69 Å². The molecule has 7 heteroatoms. The number of fused-ring (bicyclic) bond motifs is 2. The molecule has 0 spiro atoms. The van der Waals surface area contributed by atoms with Crippen molar-refractivity contribution in [3.63, 3.8) is 0 Å². The second kappa shape index (κ2) is 8.08. The average Bonchev–Trinajstić information content (AvgIpc) is 2.99. The maximum absolute atomic E-state index is 12.7. The Balaban J connectivity index is 1.40. The van der Waals surface area contributed by atoms with Gasteiger partial charge in [0.15, 0.2) is 0 Å². The monoisotopic (exact) mass is 410 g/mol. The lowest BCUT2D eigenvalue weighted by Crippen LogP contribution is -2.69. The zero-order chi connectivity index (χ0) is 20.7. The van der Waals surface area contributed by atoms with Gasteiger partial charge in [-0.05, 0) is 39.0 Å². The fraction of sp³-hybridized carbons (Fsp3) is 0.955. The van der Waals surface area contributed by atoms with Gasteiger partial charge in [0.2, 0.25) is 0 Å². The first-order valence-electron chi connectivity index (χ1n) is 11.3. The molecule has 0 bridgehead atoms. The molecule has 166 valence electrons. The van der Waals surface area contributed by atoms with E-state index in [0.29, 0.717) is 13.0 Å². The fourth-order valence-electron chi connectivity index (χ4n) is 6.44. The minimum atomic E-state index is -0.936. The van der Waals surface area contributed by atoms with E-state index in [4.69, 9.17) is 14.2 Å². The van der Waals surface area contributed by atoms with E-state index in [1.807, 2.05) is 6.92 Å². The lowest BCUT2D eigenvalue weighted by Gasteiger charge is -2.62. The summed E-state index contributed by atoms with van der Waals surface area (Å²) in [5.74, 6) is -0.255. The minimum absolute atomic E-state index is 0.0454. The molecule has 4 aliphatic rings. The molecule has 2 heterocycles. The van der Waals surface area contributed by atoms with Gasteiger partial charge >= 0.3 is 5.97 Å². The lowest BCUT2D eigenvalue weighted by molar-refractivity contribution is -0.270. The first kappa shape index (κ1) is 21.5. The van der Waals surface area contributed by atoms with Crippen molar-refractivity contribution in [2.75, 3.05) is 53.0 Å². The summed E-state index contributed by atoms with van der Waals surface area (Å²) < 4.78 is 17.1. The number of rotatable bonds is 6. The van der Waals surface area contributed by atoms with Gasteiger partial charge in [-0.25, -0.2) is 0 Å². The van der Waals surface area contributed by atoms with Crippen LogP contribution in [-0.2, 0) is 19.0 Å². The Kier molecular flexibility index (Phi) is 5.99. The standard InChI is InChI=1S/C22H38N2O5/c1-20-5-4-6-21(2,27-3)22(20,26)13-16-17(19(25)29-18(16)14-20)15-23-7-8-24-9-11-28-12-10-24/h16-18,23,26H,4-15H2,1-3H3/t16-,17-,18+,20-,21-,22-/m0/s1. The van der Waals surface area contributed by atoms with Gasteiger partial charge in [0, 0.05) is 51.2 Å². The molecule has 0 aromatic carbocycles. The zero-order valence-electron chi connectivity index (χ0n) is 18.2. The van der Waals surface area contributed by atoms with Gasteiger partial charge in [0.05, 0.1) is 30.3 Å². The lowest BCUT2D eigenvalue weighted by atomic mass is 9.49. The van der Waals surface area contributed by atoms with E-state index >= 15 is 0 Å². The smallest absolute Gasteiger partial charge is 0.310 e. The summed E-state index contributed by atoms with van der Waals surface area (Å²) in [6.07, 6.45) is 4.04. The molecule has 0 unspecified atom stereocenters. The number of morpholine rings is 1. The van der Waals surface area contributed by atoms with Crippen LogP contribution in [0.1, 0.15) is 46.0 Å². The molecule has 2 saturated heterocycles. The first-order chi connectivity index (χ1) is 13.8. The average molecular weight is 411 g/mol. The van der Waals surface area contributed by atoms with Gasteiger partial charge in [-0.15, -0.1) is 0 Å². The maximum atomic E-state index is 12.7. The van der Waals surface area contributed by atoms with Crippen LogP contribution >= 0.6 is 0 Å². The Hall–Kier alpha value is -0.730. The highest BCUT2D eigenvalue weighted by Gasteiger charge is 2.67. The highest BCUT2D eigenvalue weighted by Crippen LogP contribution is 2.61. The third-order valence-corrected chi connectivity index (χ3v) is 8.53. The van der Waals surface area contributed by atoms with Crippen LogP contribution in [0, 0.1) is 17.3 Å². The van der Waals surface area contributed by atoms with Gasteiger partial charge < -0.3 is 24.6 Å². The molecule has 0 aromatic rings. The first-order valence-corrected chi connectivity index (χ1v) is 11.3. The third-order valence-electron chi connectivity index (χ3n) is 8.53. The van der Waals surface area contributed by atoms with Crippen LogP contribution in [0.5, 0.6) is 0 Å². The number of hydrogen-bond donors (Lipinski definition) is 2. The molecule has 6 atom stereocenters. The second-order valence-corrected chi connectivity index (χ2v) is 10.0. The molecular formula is C22H38N2O5.